The predicted octanol–water partition coefficient (Wildman–Crippen LogP) is 4.57. The first-order valence-electron chi connectivity index (χ1n) is 6.60. The highest BCUT2D eigenvalue weighted by Gasteiger charge is 2.11. The third-order valence-corrected chi connectivity index (χ3v) is 3.39. The molecule has 0 saturated carbocycles. The van der Waals surface area contributed by atoms with Gasteiger partial charge in [0.05, 0.1) is 5.56 Å². The van der Waals surface area contributed by atoms with Gasteiger partial charge in [0.2, 0.25) is 11.7 Å². The molecule has 23 heavy (non-hydrogen) atoms. The fraction of sp³-hybridized carbons (Fsp3) is 0.0625. The molecule has 0 saturated heterocycles. The van der Waals surface area contributed by atoms with Crippen LogP contribution in [0.2, 0.25) is 10.0 Å². The van der Waals surface area contributed by atoms with Crippen LogP contribution in [0.25, 0.3) is 11.4 Å². The predicted molar refractivity (Wildman–Crippen MR) is 85.9 cm³/mol. The molecule has 7 heteroatoms. The minimum atomic E-state index is -0.544. The maximum Gasteiger partial charge on any atom is 0.343 e. The molecule has 5 nitrogen and oxygen atoms in total. The Balaban J connectivity index is 1.76. The number of esters is 1. The number of hydrogen-bond donors (Lipinski definition) is 0. The lowest BCUT2D eigenvalue weighted by atomic mass is 10.2. The first kappa shape index (κ1) is 15.5. The highest BCUT2D eigenvalue weighted by atomic mass is 35.5. The first-order valence-corrected chi connectivity index (χ1v) is 7.36. The molecular formula is C16H10Cl2N2O3. The van der Waals surface area contributed by atoms with Crippen molar-refractivity contribution in [1.82, 2.24) is 10.1 Å². The van der Waals surface area contributed by atoms with Gasteiger partial charge in [-0.2, -0.15) is 4.98 Å². The molecule has 0 radical (unpaired) electrons. The van der Waals surface area contributed by atoms with Gasteiger partial charge >= 0.3 is 5.97 Å². The van der Waals surface area contributed by atoms with Gasteiger partial charge in [0, 0.05) is 22.5 Å². The summed E-state index contributed by atoms with van der Waals surface area (Å²) in [4.78, 5) is 16.2. The van der Waals surface area contributed by atoms with Crippen LogP contribution in [-0.2, 0) is 0 Å². The van der Waals surface area contributed by atoms with E-state index in [2.05, 4.69) is 10.1 Å². The van der Waals surface area contributed by atoms with Crippen LogP contribution in [0.1, 0.15) is 16.2 Å². The molecule has 0 aliphatic carbocycles. The Hall–Kier alpha value is -2.37. The third kappa shape index (κ3) is 3.70. The lowest BCUT2D eigenvalue weighted by molar-refractivity contribution is 0.0735. The van der Waals surface area contributed by atoms with E-state index in [1.807, 2.05) is 0 Å². The quantitative estimate of drug-likeness (QED) is 0.512. The zero-order chi connectivity index (χ0) is 16.4. The second kappa shape index (κ2) is 6.40. The molecule has 2 aromatic carbocycles. The van der Waals surface area contributed by atoms with Crippen molar-refractivity contribution in [3.05, 3.63) is 64.0 Å². The number of benzene rings is 2. The van der Waals surface area contributed by atoms with Crippen LogP contribution in [-0.4, -0.2) is 16.1 Å². The van der Waals surface area contributed by atoms with E-state index >= 15 is 0 Å². The molecule has 0 spiro atoms. The fourth-order valence-corrected chi connectivity index (χ4v) is 2.45. The van der Waals surface area contributed by atoms with Crippen molar-refractivity contribution in [3.8, 4) is 17.1 Å². The maximum absolute atomic E-state index is 12.1. The monoisotopic (exact) mass is 348 g/mol. The summed E-state index contributed by atoms with van der Waals surface area (Å²) >= 11 is 11.7. The van der Waals surface area contributed by atoms with Crippen LogP contribution in [0.3, 0.4) is 0 Å². The normalized spacial score (nSPS) is 10.6. The Bertz CT molecular complexity index is 840. The Morgan fingerprint density at radius 2 is 1.74 bits per heavy atom. The van der Waals surface area contributed by atoms with Crippen LogP contribution in [0.5, 0.6) is 5.75 Å². The summed E-state index contributed by atoms with van der Waals surface area (Å²) < 4.78 is 10.2. The molecule has 0 fully saturated rings. The number of rotatable bonds is 3. The molecule has 1 heterocycles. The van der Waals surface area contributed by atoms with Gasteiger partial charge in [-0.15, -0.1) is 0 Å². The molecule has 0 amide bonds. The zero-order valence-electron chi connectivity index (χ0n) is 11.9. The summed E-state index contributed by atoms with van der Waals surface area (Å²) in [7, 11) is 0. The number of hydrogen-bond acceptors (Lipinski definition) is 5. The van der Waals surface area contributed by atoms with Gasteiger partial charge in [-0.3, -0.25) is 0 Å². The lowest BCUT2D eigenvalue weighted by Gasteiger charge is -2.05. The first-order chi connectivity index (χ1) is 11.0. The van der Waals surface area contributed by atoms with E-state index in [4.69, 9.17) is 32.5 Å². The van der Waals surface area contributed by atoms with Crippen LogP contribution >= 0.6 is 23.2 Å². The van der Waals surface area contributed by atoms with Crippen molar-refractivity contribution in [1.29, 1.82) is 0 Å². The number of ether oxygens (including phenoxy) is 1. The number of nitrogens with zero attached hydrogens (tertiary/aromatic N) is 2. The largest absolute Gasteiger partial charge is 0.423 e. The standard InChI is InChI=1S/C16H10Cl2N2O3/c1-9-19-15(20-23-9)10-2-4-14(5-3-10)22-16(21)11-6-12(17)8-13(18)7-11/h2-8H,1H3. The molecule has 0 atom stereocenters. The van der Waals surface area contributed by atoms with Gasteiger partial charge in [0.25, 0.3) is 0 Å². The molecule has 1 aromatic heterocycles. The van der Waals surface area contributed by atoms with Gasteiger partial charge in [-0.05, 0) is 42.5 Å². The third-order valence-electron chi connectivity index (χ3n) is 2.95. The average Bonchev–Trinajstić information content (AvgIpc) is 2.93. The average molecular weight is 349 g/mol. The molecular weight excluding hydrogens is 339 g/mol. The van der Waals surface area contributed by atoms with E-state index in [1.54, 1.807) is 37.3 Å². The van der Waals surface area contributed by atoms with Crippen LogP contribution in [0.15, 0.2) is 47.0 Å². The van der Waals surface area contributed by atoms with Gasteiger partial charge in [-0.25, -0.2) is 4.79 Å². The van der Waals surface area contributed by atoms with Crippen LogP contribution < -0.4 is 4.74 Å². The second-order valence-corrected chi connectivity index (χ2v) is 5.58. The molecule has 0 aliphatic heterocycles. The second-order valence-electron chi connectivity index (χ2n) is 4.71. The van der Waals surface area contributed by atoms with E-state index in [1.165, 1.54) is 12.1 Å². The summed E-state index contributed by atoms with van der Waals surface area (Å²) in [5.41, 5.74) is 1.04. The number of halogens is 2. The van der Waals surface area contributed by atoms with E-state index in [0.29, 0.717) is 27.5 Å². The van der Waals surface area contributed by atoms with E-state index < -0.39 is 5.97 Å². The SMILES string of the molecule is Cc1nc(-c2ccc(OC(=O)c3cc(Cl)cc(Cl)c3)cc2)no1. The number of carbonyl (C=O) groups excluding carboxylic acids is 1. The highest BCUT2D eigenvalue weighted by Crippen LogP contribution is 2.23. The van der Waals surface area contributed by atoms with Crippen molar-refractivity contribution in [2.45, 2.75) is 6.92 Å². The van der Waals surface area contributed by atoms with Crippen molar-refractivity contribution in [2.24, 2.45) is 0 Å². The fourth-order valence-electron chi connectivity index (χ4n) is 1.93. The lowest BCUT2D eigenvalue weighted by Crippen LogP contribution is -2.08. The number of carbonyl (C=O) groups is 1. The van der Waals surface area contributed by atoms with E-state index in [9.17, 15) is 4.79 Å². The van der Waals surface area contributed by atoms with Crippen molar-refractivity contribution in [2.75, 3.05) is 0 Å². The molecule has 3 aromatic rings. The topological polar surface area (TPSA) is 65.2 Å². The molecule has 116 valence electrons. The van der Waals surface area contributed by atoms with Crippen molar-refractivity contribution < 1.29 is 14.1 Å². The van der Waals surface area contributed by atoms with E-state index in [-0.39, 0.29) is 5.56 Å². The van der Waals surface area contributed by atoms with Crippen molar-refractivity contribution in [3.63, 3.8) is 0 Å². The summed E-state index contributed by atoms with van der Waals surface area (Å²) in [5.74, 6) is 0.794. The minimum absolute atomic E-state index is 0.278. The van der Waals surface area contributed by atoms with Crippen LogP contribution in [0.4, 0.5) is 0 Å². The summed E-state index contributed by atoms with van der Waals surface area (Å²) in [6.07, 6.45) is 0. The van der Waals surface area contributed by atoms with Gasteiger partial charge in [0.15, 0.2) is 0 Å². The molecule has 0 bridgehead atoms. The van der Waals surface area contributed by atoms with E-state index in [0.717, 1.165) is 5.56 Å². The van der Waals surface area contributed by atoms with Gasteiger partial charge in [0.1, 0.15) is 5.75 Å². The Labute approximate surface area is 141 Å². The Morgan fingerprint density at radius 3 is 2.30 bits per heavy atom. The smallest absolute Gasteiger partial charge is 0.343 e. The molecule has 0 aliphatic rings. The molecule has 3 rings (SSSR count). The number of aryl methyl sites for hydroxylation is 1. The van der Waals surface area contributed by atoms with Gasteiger partial charge < -0.3 is 9.26 Å². The van der Waals surface area contributed by atoms with Gasteiger partial charge in [-0.1, -0.05) is 28.4 Å². The maximum atomic E-state index is 12.1. The summed E-state index contributed by atoms with van der Waals surface area (Å²) in [6, 6.07) is 11.3. The highest BCUT2D eigenvalue weighted by molar-refractivity contribution is 6.35. The zero-order valence-corrected chi connectivity index (χ0v) is 13.4. The Kier molecular flexibility index (Phi) is 4.32. The summed E-state index contributed by atoms with van der Waals surface area (Å²) in [6.45, 7) is 1.71. The Morgan fingerprint density at radius 1 is 1.09 bits per heavy atom. The number of aromatic nitrogens is 2. The summed E-state index contributed by atoms with van der Waals surface area (Å²) in [5, 5.41) is 4.56. The van der Waals surface area contributed by atoms with Crippen molar-refractivity contribution >= 4 is 29.2 Å². The minimum Gasteiger partial charge on any atom is -0.423 e. The molecule has 0 unspecified atom stereocenters. The molecule has 0 N–H and O–H groups in total. The van der Waals surface area contributed by atoms with Crippen LogP contribution in [0, 0.1) is 6.92 Å².